The second-order valence-corrected chi connectivity index (χ2v) is 16.3. The van der Waals surface area contributed by atoms with E-state index in [1.54, 1.807) is 12.3 Å². The van der Waals surface area contributed by atoms with Crippen molar-refractivity contribution in [2.45, 2.75) is 76.9 Å². The summed E-state index contributed by atoms with van der Waals surface area (Å²) in [6.07, 6.45) is -0.334. The number of nitrogens with zero attached hydrogens (tertiary/aromatic N) is 2. The highest BCUT2D eigenvalue weighted by atomic mass is 32.2. The number of H-pyrrole nitrogens is 1. The molecule has 1 aromatic heterocycles. The number of aromatic amines is 1. The highest BCUT2D eigenvalue weighted by molar-refractivity contribution is 7.89. The molecule has 0 spiro atoms. The molecule has 3 heterocycles. The lowest BCUT2D eigenvalue weighted by molar-refractivity contribution is -0.0907. The molecule has 2 aliphatic rings. The molecule has 0 saturated carbocycles. The first-order chi connectivity index (χ1) is 22.7. The number of benzene rings is 2. The van der Waals surface area contributed by atoms with Crippen LogP contribution in [-0.2, 0) is 30.7 Å². The van der Waals surface area contributed by atoms with Gasteiger partial charge in [-0.1, -0.05) is 65.0 Å². The van der Waals surface area contributed by atoms with Crippen molar-refractivity contribution in [1.29, 1.82) is 0 Å². The lowest BCUT2D eigenvalue weighted by atomic mass is 9.97. The number of hydrogen-bond donors (Lipinski definition) is 4. The van der Waals surface area contributed by atoms with Crippen LogP contribution < -0.4 is 5.32 Å². The third-order valence-electron chi connectivity index (χ3n) is 8.48. The summed E-state index contributed by atoms with van der Waals surface area (Å²) in [5, 5.41) is 25.5. The largest absolute Gasteiger partial charge is 0.494 e. The number of rotatable bonds is 13. The number of amides is 1. The molecule has 2 aliphatic heterocycles. The van der Waals surface area contributed by atoms with Crippen LogP contribution >= 0.6 is 0 Å². The number of aliphatic hydroxyl groups is 1. The summed E-state index contributed by atoms with van der Waals surface area (Å²) in [6.45, 7) is 11.1. The minimum Gasteiger partial charge on any atom is -0.494 e. The van der Waals surface area contributed by atoms with Crippen LogP contribution in [0.1, 0.15) is 52.2 Å². The Morgan fingerprint density at radius 1 is 1.17 bits per heavy atom. The first-order valence-corrected chi connectivity index (χ1v) is 17.9. The van der Waals surface area contributed by atoms with E-state index in [1.165, 1.54) is 16.4 Å². The van der Waals surface area contributed by atoms with Crippen molar-refractivity contribution in [1.82, 2.24) is 14.6 Å². The Morgan fingerprint density at radius 3 is 2.62 bits per heavy atom. The van der Waals surface area contributed by atoms with Crippen molar-refractivity contribution in [2.75, 3.05) is 32.8 Å². The zero-order valence-corrected chi connectivity index (χ0v) is 29.1. The van der Waals surface area contributed by atoms with Gasteiger partial charge in [0.05, 0.1) is 41.7 Å². The van der Waals surface area contributed by atoms with Gasteiger partial charge in [-0.2, -0.15) is 4.31 Å². The smallest absolute Gasteiger partial charge is 0.407 e. The van der Waals surface area contributed by atoms with E-state index in [4.69, 9.17) is 14.2 Å². The second kappa shape index (κ2) is 15.0. The molecule has 12 nitrogen and oxygen atoms in total. The van der Waals surface area contributed by atoms with Gasteiger partial charge >= 0.3 is 6.09 Å². The van der Waals surface area contributed by atoms with Crippen LogP contribution in [-0.4, -0.2) is 97.6 Å². The van der Waals surface area contributed by atoms with Gasteiger partial charge in [0.25, 0.3) is 0 Å². The number of sulfonamides is 1. The average molecular weight is 685 g/mol. The summed E-state index contributed by atoms with van der Waals surface area (Å²) < 4.78 is 46.5. The summed E-state index contributed by atoms with van der Waals surface area (Å²) in [7, 11) is -4.14. The highest BCUT2D eigenvalue weighted by Crippen LogP contribution is 2.33. The van der Waals surface area contributed by atoms with Crippen LogP contribution in [0.25, 0.3) is 10.9 Å². The van der Waals surface area contributed by atoms with Crippen molar-refractivity contribution in [3.8, 4) is 5.88 Å². The third kappa shape index (κ3) is 8.75. The van der Waals surface area contributed by atoms with Crippen molar-refractivity contribution in [3.63, 3.8) is 0 Å². The highest BCUT2D eigenvalue weighted by Gasteiger charge is 2.44. The maximum absolute atomic E-state index is 14.2. The van der Waals surface area contributed by atoms with Crippen LogP contribution in [0.15, 0.2) is 58.4 Å². The van der Waals surface area contributed by atoms with Crippen molar-refractivity contribution < 1.29 is 37.6 Å². The predicted molar refractivity (Wildman–Crippen MR) is 183 cm³/mol. The number of aliphatic hydroxyl groups excluding tert-OH is 1. The Balaban J connectivity index is 1.38. The van der Waals surface area contributed by atoms with Crippen LogP contribution in [0.4, 0.5) is 4.79 Å². The van der Waals surface area contributed by atoms with Gasteiger partial charge in [0.1, 0.15) is 6.10 Å². The molecule has 4 N–H and O–H groups in total. The fourth-order valence-electron chi connectivity index (χ4n) is 6.06. The third-order valence-corrected chi connectivity index (χ3v) is 10.3. The van der Waals surface area contributed by atoms with Crippen LogP contribution in [0, 0.1) is 17.3 Å². The van der Waals surface area contributed by atoms with E-state index in [1.807, 2.05) is 44.2 Å². The summed E-state index contributed by atoms with van der Waals surface area (Å²) in [6, 6.07) is 13.1. The zero-order chi connectivity index (χ0) is 34.6. The van der Waals surface area contributed by atoms with E-state index in [-0.39, 0.29) is 60.4 Å². The molecule has 5 unspecified atom stereocenters. The van der Waals surface area contributed by atoms with Crippen molar-refractivity contribution >= 4 is 33.2 Å². The van der Waals surface area contributed by atoms with E-state index in [9.17, 15) is 23.4 Å². The lowest BCUT2D eigenvalue weighted by Crippen LogP contribution is -2.51. The van der Waals surface area contributed by atoms with E-state index < -0.39 is 34.4 Å². The summed E-state index contributed by atoms with van der Waals surface area (Å²) >= 11 is 0. The Labute approximate surface area is 282 Å². The Bertz CT molecular complexity index is 1690. The number of ether oxygens (including phenoxy) is 3. The normalized spacial score (nSPS) is 21.3. The first kappa shape index (κ1) is 35.8. The summed E-state index contributed by atoms with van der Waals surface area (Å²) in [5.41, 5.74) is 1.75. The van der Waals surface area contributed by atoms with Gasteiger partial charge in [-0.05, 0) is 47.9 Å². The van der Waals surface area contributed by atoms with Gasteiger partial charge in [0, 0.05) is 36.8 Å². The molecule has 48 heavy (non-hydrogen) atoms. The quantitative estimate of drug-likeness (QED) is 0.192. The maximum atomic E-state index is 14.2. The van der Waals surface area contributed by atoms with Crippen LogP contribution in [0.3, 0.4) is 0 Å². The fourth-order valence-corrected chi connectivity index (χ4v) is 7.71. The SMILES string of the molecule is CC(C)CN(CC(O)C(Cc1ccccc1)NC(=O)OC1COC2OCCC12)S(=O)(=O)c1ccc2[nH]c(O)c(C=NCC(C)(C)C)c2c1. The van der Waals surface area contributed by atoms with Crippen molar-refractivity contribution in [3.05, 3.63) is 59.7 Å². The second-order valence-electron chi connectivity index (χ2n) is 14.3. The number of hydrogen-bond acceptors (Lipinski definition) is 9. The number of nitrogens with one attached hydrogen (secondary N) is 2. The summed E-state index contributed by atoms with van der Waals surface area (Å²) in [4.78, 5) is 20.5. The average Bonchev–Trinajstić information content (AvgIpc) is 3.72. The maximum Gasteiger partial charge on any atom is 0.407 e. The van der Waals surface area contributed by atoms with Gasteiger partial charge in [-0.3, -0.25) is 4.99 Å². The number of fused-ring (bicyclic) bond motifs is 2. The van der Waals surface area contributed by atoms with E-state index in [0.29, 0.717) is 29.6 Å². The molecule has 1 amide bonds. The van der Waals surface area contributed by atoms with E-state index in [2.05, 4.69) is 36.1 Å². The number of alkyl carbamates (subject to hydrolysis) is 1. The number of carbonyl (C=O) groups excluding carboxylic acids is 1. The van der Waals surface area contributed by atoms with E-state index >= 15 is 0 Å². The zero-order valence-electron chi connectivity index (χ0n) is 28.3. The van der Waals surface area contributed by atoms with Crippen LogP contribution in [0.2, 0.25) is 0 Å². The van der Waals surface area contributed by atoms with Gasteiger partial charge in [-0.15, -0.1) is 0 Å². The van der Waals surface area contributed by atoms with E-state index in [0.717, 1.165) is 12.0 Å². The molecule has 5 rings (SSSR count). The number of aromatic hydroxyl groups is 1. The minimum atomic E-state index is -4.14. The minimum absolute atomic E-state index is 0.00821. The van der Waals surface area contributed by atoms with Crippen LogP contribution in [0.5, 0.6) is 5.88 Å². The number of aromatic nitrogens is 1. The standard InChI is InChI=1S/C35H48N4O8S/c1-22(2)18-39(48(43,44)24-11-12-28-26(16-24)27(32(41)37-28)17-36-21-35(3,4)5)19-30(40)29(15-23-9-7-6-8-10-23)38-34(42)47-31-20-46-33-25(31)13-14-45-33/h6-12,16-17,22,25,29-31,33,37,40-41H,13-15,18-21H2,1-5H3,(H,38,42). The Kier molecular flexibility index (Phi) is 11.2. The monoisotopic (exact) mass is 684 g/mol. The van der Waals surface area contributed by atoms with Gasteiger partial charge in [0.2, 0.25) is 10.0 Å². The molecule has 2 fully saturated rings. The molecule has 3 aromatic rings. The lowest BCUT2D eigenvalue weighted by Gasteiger charge is -2.31. The molecule has 2 saturated heterocycles. The predicted octanol–water partition coefficient (Wildman–Crippen LogP) is 4.45. The van der Waals surface area contributed by atoms with Crippen molar-refractivity contribution in [2.24, 2.45) is 22.2 Å². The number of carbonyl (C=O) groups is 1. The molecule has 0 bridgehead atoms. The molecule has 0 aliphatic carbocycles. The fraction of sp³-hybridized carbons (Fsp3) is 0.543. The molecule has 0 radical (unpaired) electrons. The Morgan fingerprint density at radius 2 is 1.92 bits per heavy atom. The molecule has 262 valence electrons. The molecule has 2 aromatic carbocycles. The van der Waals surface area contributed by atoms with Gasteiger partial charge in [0.15, 0.2) is 12.2 Å². The molecule has 5 atom stereocenters. The summed E-state index contributed by atoms with van der Waals surface area (Å²) in [5.74, 6) is -0.223. The molecular formula is C35H48N4O8S. The molecule has 13 heteroatoms. The van der Waals surface area contributed by atoms with Gasteiger partial charge < -0.3 is 34.7 Å². The number of aliphatic imine (C=N–C) groups is 1. The topological polar surface area (TPSA) is 163 Å². The first-order valence-electron chi connectivity index (χ1n) is 16.5. The van der Waals surface area contributed by atoms with Gasteiger partial charge in [-0.25, -0.2) is 13.2 Å². The molecular weight excluding hydrogens is 636 g/mol. The Hall–Kier alpha value is -3.49.